The van der Waals surface area contributed by atoms with Crippen LogP contribution < -0.4 is 9.64 Å². The minimum atomic E-state index is -0.290. The number of carbonyl (C=O) groups excluding carboxylic acids is 2. The number of nitrogens with zero attached hydrogens (tertiary/aromatic N) is 3. The molecule has 1 unspecified atom stereocenters. The number of methoxy groups -OCH3 is 1. The summed E-state index contributed by atoms with van der Waals surface area (Å²) in [4.78, 5) is 31.6. The third-order valence-electron chi connectivity index (χ3n) is 6.01. The summed E-state index contributed by atoms with van der Waals surface area (Å²) in [6.45, 7) is 4.40. The summed E-state index contributed by atoms with van der Waals surface area (Å²) in [5, 5.41) is 0. The molecule has 2 fully saturated rings. The van der Waals surface area contributed by atoms with Gasteiger partial charge in [0.1, 0.15) is 5.75 Å². The average Bonchev–Trinajstić information content (AvgIpc) is 3.21. The standard InChI is InChI=1S/C25H29N3O3/c1-31-23-12-6-5-11-22(23)28-19-21(18-24(28)29)25(30)27-16-14-26(15-17-27)13-7-10-20-8-3-2-4-9-20/h2-12,21H,13-19H2,1H3/b10-7+. The van der Waals surface area contributed by atoms with Crippen LogP contribution in [0, 0.1) is 5.92 Å². The monoisotopic (exact) mass is 419 g/mol. The van der Waals surface area contributed by atoms with Crippen LogP contribution in [0.3, 0.4) is 0 Å². The Morgan fingerprint density at radius 3 is 2.48 bits per heavy atom. The van der Waals surface area contributed by atoms with E-state index in [1.165, 1.54) is 5.56 Å². The SMILES string of the molecule is COc1ccccc1N1CC(C(=O)N2CCN(C/C=C/c3ccccc3)CC2)CC1=O. The molecule has 2 aliphatic heterocycles. The first-order valence-electron chi connectivity index (χ1n) is 10.8. The van der Waals surface area contributed by atoms with Gasteiger partial charge in [0.05, 0.1) is 18.7 Å². The molecule has 2 aromatic rings. The van der Waals surface area contributed by atoms with Crippen molar-refractivity contribution in [3.8, 4) is 5.75 Å². The molecule has 0 spiro atoms. The van der Waals surface area contributed by atoms with Gasteiger partial charge in [-0.1, -0.05) is 54.6 Å². The van der Waals surface area contributed by atoms with E-state index in [1.807, 2.05) is 47.4 Å². The summed E-state index contributed by atoms with van der Waals surface area (Å²) < 4.78 is 5.39. The molecular formula is C25H29N3O3. The smallest absolute Gasteiger partial charge is 0.228 e. The molecule has 6 nitrogen and oxygen atoms in total. The molecule has 0 radical (unpaired) electrons. The summed E-state index contributed by atoms with van der Waals surface area (Å²) in [7, 11) is 1.59. The maximum absolute atomic E-state index is 13.1. The molecule has 6 heteroatoms. The van der Waals surface area contributed by atoms with E-state index < -0.39 is 0 Å². The molecule has 0 saturated carbocycles. The first kappa shape index (κ1) is 21.1. The quantitative estimate of drug-likeness (QED) is 0.723. The number of rotatable bonds is 6. The summed E-state index contributed by atoms with van der Waals surface area (Å²) in [5.41, 5.74) is 1.93. The van der Waals surface area contributed by atoms with E-state index in [2.05, 4.69) is 29.2 Å². The van der Waals surface area contributed by atoms with Gasteiger partial charge in [-0.25, -0.2) is 0 Å². The second-order valence-corrected chi connectivity index (χ2v) is 8.02. The van der Waals surface area contributed by atoms with Gasteiger partial charge >= 0.3 is 0 Å². The van der Waals surface area contributed by atoms with E-state index in [9.17, 15) is 9.59 Å². The topological polar surface area (TPSA) is 53.1 Å². The Morgan fingerprint density at radius 2 is 1.74 bits per heavy atom. The van der Waals surface area contributed by atoms with Crippen molar-refractivity contribution in [2.75, 3.05) is 51.3 Å². The third kappa shape index (κ3) is 4.97. The van der Waals surface area contributed by atoms with Crippen LogP contribution in [-0.4, -0.2) is 68.0 Å². The number of para-hydroxylation sites is 2. The Kier molecular flexibility index (Phi) is 6.67. The van der Waals surface area contributed by atoms with Gasteiger partial charge in [0.15, 0.2) is 0 Å². The molecule has 2 aromatic carbocycles. The highest BCUT2D eigenvalue weighted by Gasteiger charge is 2.38. The number of hydrogen-bond donors (Lipinski definition) is 0. The minimum Gasteiger partial charge on any atom is -0.495 e. The zero-order chi connectivity index (χ0) is 21.6. The lowest BCUT2D eigenvalue weighted by Gasteiger charge is -2.35. The summed E-state index contributed by atoms with van der Waals surface area (Å²) >= 11 is 0. The Morgan fingerprint density at radius 1 is 1.03 bits per heavy atom. The van der Waals surface area contributed by atoms with Gasteiger partial charge in [0.2, 0.25) is 11.8 Å². The first-order chi connectivity index (χ1) is 15.2. The van der Waals surface area contributed by atoms with Crippen molar-refractivity contribution < 1.29 is 14.3 Å². The van der Waals surface area contributed by atoms with Gasteiger partial charge in [-0.05, 0) is 17.7 Å². The van der Waals surface area contributed by atoms with Crippen LogP contribution in [0.1, 0.15) is 12.0 Å². The highest BCUT2D eigenvalue weighted by atomic mass is 16.5. The van der Waals surface area contributed by atoms with Crippen molar-refractivity contribution in [2.45, 2.75) is 6.42 Å². The van der Waals surface area contributed by atoms with Crippen LogP contribution >= 0.6 is 0 Å². The van der Waals surface area contributed by atoms with E-state index in [1.54, 1.807) is 12.0 Å². The van der Waals surface area contributed by atoms with E-state index in [-0.39, 0.29) is 24.2 Å². The van der Waals surface area contributed by atoms with Gasteiger partial charge in [0, 0.05) is 45.7 Å². The number of carbonyl (C=O) groups is 2. The van der Waals surface area contributed by atoms with E-state index in [0.717, 1.165) is 25.3 Å². The molecule has 162 valence electrons. The highest BCUT2D eigenvalue weighted by Crippen LogP contribution is 2.33. The maximum Gasteiger partial charge on any atom is 0.228 e. The lowest BCUT2D eigenvalue weighted by molar-refractivity contribution is -0.137. The van der Waals surface area contributed by atoms with Gasteiger partial charge in [-0.2, -0.15) is 0 Å². The highest BCUT2D eigenvalue weighted by molar-refractivity contribution is 6.01. The van der Waals surface area contributed by atoms with Crippen LogP contribution in [0.4, 0.5) is 5.69 Å². The van der Waals surface area contributed by atoms with Crippen LogP contribution in [0.2, 0.25) is 0 Å². The Hall–Kier alpha value is -3.12. The fourth-order valence-electron chi connectivity index (χ4n) is 4.27. The van der Waals surface area contributed by atoms with Crippen molar-refractivity contribution in [2.24, 2.45) is 5.92 Å². The lowest BCUT2D eigenvalue weighted by Crippen LogP contribution is -2.50. The molecule has 0 aliphatic carbocycles. The third-order valence-corrected chi connectivity index (χ3v) is 6.01. The van der Waals surface area contributed by atoms with Gasteiger partial charge in [0.25, 0.3) is 0 Å². The number of amides is 2. The second kappa shape index (κ2) is 9.79. The number of benzene rings is 2. The van der Waals surface area contributed by atoms with Crippen LogP contribution in [0.5, 0.6) is 5.75 Å². The van der Waals surface area contributed by atoms with Gasteiger partial charge in [-0.15, -0.1) is 0 Å². The van der Waals surface area contributed by atoms with Crippen molar-refractivity contribution in [1.82, 2.24) is 9.80 Å². The molecule has 0 N–H and O–H groups in total. The zero-order valence-electron chi connectivity index (χ0n) is 17.9. The average molecular weight is 420 g/mol. The van der Waals surface area contributed by atoms with Gasteiger partial charge in [-0.3, -0.25) is 14.5 Å². The van der Waals surface area contributed by atoms with Crippen molar-refractivity contribution in [3.05, 3.63) is 66.2 Å². The molecule has 0 bridgehead atoms. The second-order valence-electron chi connectivity index (χ2n) is 8.02. The number of piperazine rings is 1. The molecule has 2 aliphatic rings. The molecule has 2 saturated heterocycles. The van der Waals surface area contributed by atoms with Crippen molar-refractivity contribution in [1.29, 1.82) is 0 Å². The predicted octanol–water partition coefficient (Wildman–Crippen LogP) is 2.91. The normalized spacial score (nSPS) is 19.9. The largest absolute Gasteiger partial charge is 0.495 e. The number of hydrogen-bond acceptors (Lipinski definition) is 4. The molecule has 2 amide bonds. The van der Waals surface area contributed by atoms with Gasteiger partial charge < -0.3 is 14.5 Å². The minimum absolute atomic E-state index is 0.0208. The van der Waals surface area contributed by atoms with Crippen LogP contribution in [0.25, 0.3) is 6.08 Å². The molecular weight excluding hydrogens is 390 g/mol. The maximum atomic E-state index is 13.1. The van der Waals surface area contributed by atoms with E-state index in [4.69, 9.17) is 4.74 Å². The Bertz CT molecular complexity index is 936. The predicted molar refractivity (Wildman–Crippen MR) is 122 cm³/mol. The fraction of sp³-hybridized carbons (Fsp3) is 0.360. The Balaban J connectivity index is 1.29. The van der Waals surface area contributed by atoms with Crippen molar-refractivity contribution in [3.63, 3.8) is 0 Å². The van der Waals surface area contributed by atoms with Crippen LogP contribution in [0.15, 0.2) is 60.7 Å². The summed E-state index contributed by atoms with van der Waals surface area (Å²) in [5.74, 6) is 0.431. The number of ether oxygens (including phenoxy) is 1. The van der Waals surface area contributed by atoms with E-state index in [0.29, 0.717) is 25.4 Å². The molecule has 0 aromatic heterocycles. The van der Waals surface area contributed by atoms with E-state index >= 15 is 0 Å². The summed E-state index contributed by atoms with van der Waals surface area (Å²) in [6.07, 6.45) is 4.57. The van der Waals surface area contributed by atoms with Crippen molar-refractivity contribution >= 4 is 23.6 Å². The lowest BCUT2D eigenvalue weighted by atomic mass is 10.1. The molecule has 1 atom stereocenters. The summed E-state index contributed by atoms with van der Waals surface area (Å²) in [6, 6.07) is 17.7. The molecule has 4 rings (SSSR count). The molecule has 31 heavy (non-hydrogen) atoms. The molecule has 2 heterocycles. The zero-order valence-corrected chi connectivity index (χ0v) is 17.9. The Labute approximate surface area is 183 Å². The fourth-order valence-corrected chi connectivity index (χ4v) is 4.27. The van der Waals surface area contributed by atoms with Crippen LogP contribution in [-0.2, 0) is 9.59 Å². The first-order valence-corrected chi connectivity index (χ1v) is 10.8. The number of anilines is 1.